The van der Waals surface area contributed by atoms with E-state index < -0.39 is 74.6 Å². The Morgan fingerprint density at radius 1 is 1.09 bits per heavy atom. The first-order chi connectivity index (χ1) is 21.7. The van der Waals surface area contributed by atoms with Gasteiger partial charge in [-0.05, 0) is 18.7 Å². The van der Waals surface area contributed by atoms with Gasteiger partial charge in [-0.1, -0.05) is 13.8 Å². The fourth-order valence-corrected chi connectivity index (χ4v) is 8.86. The summed E-state index contributed by atoms with van der Waals surface area (Å²) in [6.45, 7) is 1.73. The van der Waals surface area contributed by atoms with Crippen LogP contribution in [-0.2, 0) is 43.9 Å². The molecule has 9 unspecified atom stereocenters. The molecule has 18 nitrogen and oxygen atoms in total. The molecule has 0 amide bonds. The zero-order chi connectivity index (χ0) is 32.8. The number of hydrogen-bond donors (Lipinski definition) is 3. The molecule has 244 valence electrons. The van der Waals surface area contributed by atoms with Crippen LogP contribution in [0.2, 0.25) is 0 Å². The Balaban J connectivity index is 1.23. The first-order valence-electron chi connectivity index (χ1n) is 14.2. The number of aromatic nitrogens is 8. The molecule has 4 aromatic heterocycles. The molecular weight excluding hydrogens is 663 g/mol. The number of anilines is 1. The van der Waals surface area contributed by atoms with Crippen LogP contribution in [0.4, 0.5) is 5.82 Å². The van der Waals surface area contributed by atoms with Gasteiger partial charge in [-0.3, -0.25) is 18.5 Å². The quantitative estimate of drug-likeness (QED) is 0.198. The predicted octanol–water partition coefficient (Wildman–Crippen LogP) is 1.27. The van der Waals surface area contributed by atoms with Crippen molar-refractivity contribution in [3.05, 3.63) is 35.2 Å². The second kappa shape index (κ2) is 11.2. The number of nitrogens with two attached hydrogens (primary N) is 1. The number of ether oxygens (including phenoxy) is 2. The molecule has 0 spiro atoms. The summed E-state index contributed by atoms with van der Waals surface area (Å²) in [5.41, 5.74) is 4.78. The van der Waals surface area contributed by atoms with Gasteiger partial charge in [0.2, 0.25) is 0 Å². The molecule has 2 bridgehead atoms. The van der Waals surface area contributed by atoms with E-state index in [0.29, 0.717) is 17.0 Å². The smallest absolute Gasteiger partial charge is 0.328 e. The molecule has 3 fully saturated rings. The van der Waals surface area contributed by atoms with Crippen LogP contribution in [-0.4, -0.2) is 95.5 Å². The van der Waals surface area contributed by atoms with E-state index >= 15 is 0 Å². The molecule has 3 aliphatic heterocycles. The number of nitrogen functional groups attached to an aromatic ring is 1. The van der Waals surface area contributed by atoms with Crippen molar-refractivity contribution >= 4 is 62.1 Å². The number of imidazole rings is 2. The van der Waals surface area contributed by atoms with E-state index in [-0.39, 0.29) is 23.6 Å². The Kier molecular flexibility index (Phi) is 7.79. The highest BCUT2D eigenvalue weighted by Gasteiger charge is 2.55. The van der Waals surface area contributed by atoms with Crippen LogP contribution >= 0.6 is 14.3 Å². The van der Waals surface area contributed by atoms with Gasteiger partial charge in [0.15, 0.2) is 28.9 Å². The minimum Gasteiger partial charge on any atom is -0.382 e. The van der Waals surface area contributed by atoms with Crippen molar-refractivity contribution in [1.29, 1.82) is 0 Å². The molecule has 46 heavy (non-hydrogen) atoms. The molecule has 22 heteroatoms. The highest BCUT2D eigenvalue weighted by Crippen LogP contribution is 2.57. The molecule has 4 N–H and O–H groups in total. The van der Waals surface area contributed by atoms with Crippen LogP contribution < -0.4 is 11.3 Å². The summed E-state index contributed by atoms with van der Waals surface area (Å²) in [6.07, 6.45) is -0.428. The lowest BCUT2D eigenvalue weighted by molar-refractivity contribution is -0.0765. The van der Waals surface area contributed by atoms with Crippen molar-refractivity contribution in [1.82, 2.24) is 39.0 Å². The zero-order valence-corrected chi connectivity index (χ0v) is 27.6. The Morgan fingerprint density at radius 2 is 1.80 bits per heavy atom. The van der Waals surface area contributed by atoms with Crippen LogP contribution in [0.25, 0.3) is 22.3 Å². The molecule has 0 aliphatic carbocycles. The second-order valence-electron chi connectivity index (χ2n) is 11.7. The summed E-state index contributed by atoms with van der Waals surface area (Å²) in [5.74, 6) is -0.532. The van der Waals surface area contributed by atoms with Crippen LogP contribution in [0, 0.1) is 18.8 Å². The third-order valence-electron chi connectivity index (χ3n) is 8.42. The van der Waals surface area contributed by atoms with Gasteiger partial charge in [0, 0.05) is 18.5 Å². The highest BCUT2D eigenvalue weighted by molar-refractivity contribution is 8.07. The van der Waals surface area contributed by atoms with Gasteiger partial charge in [-0.25, -0.2) is 24.9 Å². The topological polar surface area (TPSA) is 226 Å². The molecule has 7 rings (SSSR count). The Morgan fingerprint density at radius 3 is 2.57 bits per heavy atom. The Labute approximate surface area is 267 Å². The van der Waals surface area contributed by atoms with Gasteiger partial charge in [0.05, 0.1) is 43.6 Å². The highest BCUT2D eigenvalue weighted by atomic mass is 32.5. The minimum absolute atomic E-state index is 0.0823. The lowest BCUT2D eigenvalue weighted by Crippen LogP contribution is -2.47. The van der Waals surface area contributed by atoms with Crippen molar-refractivity contribution < 1.29 is 37.0 Å². The number of nitrogens with zero attached hydrogens (tertiary/aromatic N) is 7. The molecule has 10 atom stereocenters. The lowest BCUT2D eigenvalue weighted by atomic mass is 9.75. The summed E-state index contributed by atoms with van der Waals surface area (Å²) >= 11 is 5.45. The minimum atomic E-state index is -4.07. The lowest BCUT2D eigenvalue weighted by Gasteiger charge is -2.34. The SMILES string of the molecule is [B]C12COP(O)(=S)OC3C(C)C(CO[P@](C)(=O)OC1C(C)C(n1cnc4c(N)ncnc41)O2)OC3n1cnc2c(=O)[nH]c(C)nc21. The molecule has 2 radical (unpaired) electrons. The number of rotatable bonds is 2. The molecular formula is C24H30BN9O9P2S. The third-order valence-corrected chi connectivity index (χ3v) is 11.2. The van der Waals surface area contributed by atoms with Crippen molar-refractivity contribution in [2.45, 2.75) is 57.0 Å². The summed E-state index contributed by atoms with van der Waals surface area (Å²) in [6, 6.07) is 0. The van der Waals surface area contributed by atoms with Crippen molar-refractivity contribution in [2.24, 2.45) is 11.8 Å². The van der Waals surface area contributed by atoms with Gasteiger partial charge in [-0.2, -0.15) is 0 Å². The normalized spacial score (nSPS) is 38.8. The maximum Gasteiger partial charge on any atom is 0.328 e. The average Bonchev–Trinajstić information content (AvgIpc) is 3.73. The van der Waals surface area contributed by atoms with Gasteiger partial charge >= 0.3 is 14.3 Å². The van der Waals surface area contributed by atoms with E-state index in [1.165, 1.54) is 30.2 Å². The zero-order valence-electron chi connectivity index (χ0n) is 25.0. The first-order valence-corrected chi connectivity index (χ1v) is 18.8. The summed E-state index contributed by atoms with van der Waals surface area (Å²) in [7, 11) is 2.92. The first kappa shape index (κ1) is 31.9. The van der Waals surface area contributed by atoms with Crippen molar-refractivity contribution in [3.63, 3.8) is 0 Å². The van der Waals surface area contributed by atoms with E-state index in [4.69, 9.17) is 53.0 Å². The number of H-pyrrole nitrogens is 1. The number of aryl methyl sites for hydroxylation is 1. The van der Waals surface area contributed by atoms with E-state index in [1.54, 1.807) is 25.3 Å². The monoisotopic (exact) mass is 693 g/mol. The summed E-state index contributed by atoms with van der Waals surface area (Å²) < 4.78 is 53.5. The van der Waals surface area contributed by atoms with Crippen LogP contribution in [0.3, 0.4) is 0 Å². The van der Waals surface area contributed by atoms with E-state index in [1.807, 2.05) is 0 Å². The van der Waals surface area contributed by atoms with E-state index in [0.717, 1.165) is 0 Å². The number of fused-ring (bicyclic) bond motifs is 5. The van der Waals surface area contributed by atoms with Crippen molar-refractivity contribution in [3.8, 4) is 0 Å². The Hall–Kier alpha value is -2.64. The van der Waals surface area contributed by atoms with Gasteiger partial charge in [0.1, 0.15) is 37.8 Å². The number of aromatic amines is 1. The summed E-state index contributed by atoms with van der Waals surface area (Å²) in [5, 5.41) is 0. The molecule has 4 aromatic rings. The third kappa shape index (κ3) is 5.43. The molecule has 7 heterocycles. The second-order valence-corrected chi connectivity index (χ2v) is 16.5. The van der Waals surface area contributed by atoms with Crippen LogP contribution in [0.5, 0.6) is 0 Å². The molecule has 3 saturated heterocycles. The molecule has 3 aliphatic rings. The maximum absolute atomic E-state index is 13.8. The summed E-state index contributed by atoms with van der Waals surface area (Å²) in [4.78, 5) is 47.6. The average molecular weight is 693 g/mol. The van der Waals surface area contributed by atoms with Gasteiger partial charge < -0.3 is 43.2 Å². The molecule has 0 saturated carbocycles. The van der Waals surface area contributed by atoms with Gasteiger partial charge in [0.25, 0.3) is 5.56 Å². The molecule has 0 aromatic carbocycles. The van der Waals surface area contributed by atoms with E-state index in [2.05, 4.69) is 29.9 Å². The van der Waals surface area contributed by atoms with Crippen LogP contribution in [0.15, 0.2) is 23.8 Å². The number of nitrogens with one attached hydrogen (secondary N) is 1. The fraction of sp³-hybridized carbons (Fsp3) is 0.583. The maximum atomic E-state index is 13.8. The predicted molar refractivity (Wildman–Crippen MR) is 165 cm³/mol. The van der Waals surface area contributed by atoms with Gasteiger partial charge in [-0.15, -0.1) is 0 Å². The largest absolute Gasteiger partial charge is 0.382 e. The standard InChI is InChI=1S/C24H30BN9O9P2S/c1-10-13-5-38-44(4,36)43-17-11(2)22(33-8-29-14-18(26)27-7-28-19(14)33)41-24(17,25)6-39-45(37,46)42-16(10)23(40-13)34-9-30-15-20(34)31-12(3)32-21(15)35/h7-11,13,16-17,22-23H,5-6H2,1-4H3,(H,37,46)(H2,26,27,28)(H,31,32,35)/t10?,11?,13?,16?,17?,22?,23?,24?,44-,45?/m0/s1. The van der Waals surface area contributed by atoms with Crippen LogP contribution in [0.1, 0.15) is 32.1 Å². The van der Waals surface area contributed by atoms with Crippen molar-refractivity contribution in [2.75, 3.05) is 25.6 Å². The van der Waals surface area contributed by atoms with E-state index in [9.17, 15) is 14.3 Å². The number of hydrogen-bond acceptors (Lipinski definition) is 15. The fourth-order valence-electron chi connectivity index (χ4n) is 6.11. The Bertz CT molecular complexity index is 1990.